The number of aromatic amines is 2. The normalized spacial score (nSPS) is 12.4. The third-order valence-electron chi connectivity index (χ3n) is 4.68. The Morgan fingerprint density at radius 3 is 2.19 bits per heavy atom. The number of nitrogens with zero attached hydrogens (tertiary/aromatic N) is 1. The molecule has 0 fully saturated rings. The quantitative estimate of drug-likeness (QED) is 0.527. The molecule has 4 aromatic rings. The molecule has 5 nitrogen and oxygen atoms in total. The molecule has 2 heterocycles. The third-order valence-corrected chi connectivity index (χ3v) is 4.97. The number of benzene rings is 2. The molecule has 0 aliphatic heterocycles. The van der Waals surface area contributed by atoms with Crippen LogP contribution in [0.3, 0.4) is 0 Å². The summed E-state index contributed by atoms with van der Waals surface area (Å²) in [6.45, 7) is 2.02. The highest BCUT2D eigenvalue weighted by Gasteiger charge is 2.10. The van der Waals surface area contributed by atoms with E-state index >= 15 is 0 Å². The van der Waals surface area contributed by atoms with Crippen molar-refractivity contribution in [2.75, 3.05) is 7.11 Å². The van der Waals surface area contributed by atoms with E-state index in [1.165, 1.54) is 0 Å². The molecule has 6 heteroatoms. The summed E-state index contributed by atoms with van der Waals surface area (Å²) < 4.78 is 5.35. The lowest BCUT2D eigenvalue weighted by atomic mass is 10.0. The van der Waals surface area contributed by atoms with Crippen LogP contribution in [-0.4, -0.2) is 22.1 Å². The minimum atomic E-state index is -0.299. The molecule has 27 heavy (non-hydrogen) atoms. The molecule has 1 unspecified atom stereocenters. The van der Waals surface area contributed by atoms with Gasteiger partial charge in [0, 0.05) is 12.7 Å². The monoisotopic (exact) mass is 379 g/mol. The number of aromatic nitrogens is 3. The van der Waals surface area contributed by atoms with Crippen LogP contribution in [0.15, 0.2) is 59.4 Å². The van der Waals surface area contributed by atoms with Gasteiger partial charge in [0.25, 0.3) is 0 Å². The molecule has 0 bridgehead atoms. The van der Waals surface area contributed by atoms with Crippen LogP contribution >= 0.6 is 11.6 Å². The van der Waals surface area contributed by atoms with Gasteiger partial charge in [-0.15, -0.1) is 0 Å². The molecular formula is C21H18ClN3O2. The molecule has 0 saturated heterocycles. The van der Waals surface area contributed by atoms with Crippen molar-refractivity contribution in [1.29, 1.82) is 0 Å². The van der Waals surface area contributed by atoms with Gasteiger partial charge in [-0.05, 0) is 29.7 Å². The number of fused-ring (bicyclic) bond motifs is 1. The van der Waals surface area contributed by atoms with Crippen LogP contribution in [0.5, 0.6) is 0 Å². The Labute approximate surface area is 161 Å². The van der Waals surface area contributed by atoms with Gasteiger partial charge < -0.3 is 9.72 Å². The second kappa shape index (κ2) is 7.02. The van der Waals surface area contributed by atoms with E-state index in [-0.39, 0.29) is 11.8 Å². The Hall–Kier alpha value is -2.89. The van der Waals surface area contributed by atoms with Gasteiger partial charge in [-0.3, -0.25) is 4.98 Å². The van der Waals surface area contributed by atoms with E-state index in [0.717, 1.165) is 22.3 Å². The zero-order valence-electron chi connectivity index (χ0n) is 14.9. The van der Waals surface area contributed by atoms with Crippen LogP contribution in [0.25, 0.3) is 33.5 Å². The van der Waals surface area contributed by atoms with E-state index in [9.17, 15) is 4.79 Å². The molecule has 0 aliphatic rings. The second-order valence-corrected chi connectivity index (χ2v) is 6.78. The van der Waals surface area contributed by atoms with Crippen molar-refractivity contribution < 1.29 is 4.74 Å². The van der Waals surface area contributed by atoms with Crippen molar-refractivity contribution >= 4 is 22.8 Å². The van der Waals surface area contributed by atoms with Crippen molar-refractivity contribution in [2.45, 2.75) is 13.0 Å². The summed E-state index contributed by atoms with van der Waals surface area (Å²) in [5.41, 5.74) is 5.67. The van der Waals surface area contributed by atoms with Gasteiger partial charge >= 0.3 is 5.69 Å². The summed E-state index contributed by atoms with van der Waals surface area (Å²) in [6.07, 6.45) is 0.0735. The number of methoxy groups -OCH3 is 1. The molecule has 0 amide bonds. The number of ether oxygens (including phenoxy) is 1. The van der Waals surface area contributed by atoms with Gasteiger partial charge in [0.05, 0.1) is 22.3 Å². The Kier molecular flexibility index (Phi) is 4.56. The molecule has 0 spiro atoms. The lowest BCUT2D eigenvalue weighted by Crippen LogP contribution is -1.99. The maximum absolute atomic E-state index is 11.4. The van der Waals surface area contributed by atoms with Crippen molar-refractivity contribution in [1.82, 2.24) is 15.0 Å². The summed E-state index contributed by atoms with van der Waals surface area (Å²) in [6, 6.07) is 18.1. The lowest BCUT2D eigenvalue weighted by molar-refractivity contribution is 0.119. The molecule has 2 aromatic carbocycles. The number of H-pyrrole nitrogens is 2. The minimum Gasteiger partial charge on any atom is -0.377 e. The average Bonchev–Trinajstić information content (AvgIpc) is 3.06. The van der Waals surface area contributed by atoms with Crippen molar-refractivity contribution in [3.63, 3.8) is 0 Å². The Balaban J connectivity index is 1.66. The highest BCUT2D eigenvalue weighted by atomic mass is 35.5. The first kappa shape index (κ1) is 17.5. The van der Waals surface area contributed by atoms with Gasteiger partial charge in [-0.1, -0.05) is 60.1 Å². The second-order valence-electron chi connectivity index (χ2n) is 6.37. The number of nitrogens with one attached hydrogen (secondary N) is 2. The van der Waals surface area contributed by atoms with Gasteiger partial charge in [0.2, 0.25) is 0 Å². The zero-order valence-corrected chi connectivity index (χ0v) is 15.7. The molecule has 4 rings (SSSR count). The predicted octanol–water partition coefficient (Wildman–Crippen LogP) is 4.95. The lowest BCUT2D eigenvalue weighted by Gasteiger charge is -2.11. The van der Waals surface area contributed by atoms with Crippen LogP contribution in [0.4, 0.5) is 0 Å². The van der Waals surface area contributed by atoms with E-state index in [4.69, 9.17) is 16.3 Å². The van der Waals surface area contributed by atoms with E-state index in [1.54, 1.807) is 13.2 Å². The summed E-state index contributed by atoms with van der Waals surface area (Å²) in [7, 11) is 1.71. The highest BCUT2D eigenvalue weighted by molar-refractivity contribution is 6.33. The van der Waals surface area contributed by atoms with Crippen LogP contribution in [0, 0.1) is 0 Å². The number of halogens is 1. The van der Waals surface area contributed by atoms with Crippen molar-refractivity contribution in [3.8, 4) is 22.4 Å². The topological polar surface area (TPSA) is 70.8 Å². The average molecular weight is 380 g/mol. The first-order valence-electron chi connectivity index (χ1n) is 8.57. The van der Waals surface area contributed by atoms with E-state index in [2.05, 4.69) is 39.2 Å². The molecule has 136 valence electrons. The molecule has 0 aliphatic carbocycles. The highest BCUT2D eigenvalue weighted by Crippen LogP contribution is 2.30. The first-order valence-corrected chi connectivity index (χ1v) is 8.95. The number of hydrogen-bond acceptors (Lipinski definition) is 3. The fraction of sp³-hybridized carbons (Fsp3) is 0.143. The Morgan fingerprint density at radius 1 is 0.963 bits per heavy atom. The van der Waals surface area contributed by atoms with Crippen LogP contribution in [-0.2, 0) is 4.74 Å². The fourth-order valence-electron chi connectivity index (χ4n) is 3.05. The van der Waals surface area contributed by atoms with Crippen LogP contribution < -0.4 is 5.69 Å². The number of pyridine rings is 1. The molecule has 2 aromatic heterocycles. The largest absolute Gasteiger partial charge is 0.377 e. The maximum atomic E-state index is 11.4. The van der Waals surface area contributed by atoms with Gasteiger partial charge in [-0.25, -0.2) is 9.78 Å². The van der Waals surface area contributed by atoms with Gasteiger partial charge in [-0.2, -0.15) is 0 Å². The molecule has 2 N–H and O–H groups in total. The summed E-state index contributed by atoms with van der Waals surface area (Å²) >= 11 is 6.35. The summed E-state index contributed by atoms with van der Waals surface area (Å²) in [4.78, 5) is 21.2. The number of rotatable bonds is 4. The van der Waals surface area contributed by atoms with Crippen molar-refractivity contribution in [3.05, 3.63) is 75.7 Å². The van der Waals surface area contributed by atoms with E-state index in [0.29, 0.717) is 21.9 Å². The SMILES string of the molecule is COC(C)c1ccc(-c2ccc(-c3nc4[nH]c(=O)[nH]c4cc3Cl)cc2)cc1. The third kappa shape index (κ3) is 3.39. The Morgan fingerprint density at radius 2 is 1.56 bits per heavy atom. The molecular weight excluding hydrogens is 362 g/mol. The van der Waals surface area contributed by atoms with E-state index < -0.39 is 0 Å². The molecule has 1 atom stereocenters. The standard InChI is InChI=1S/C21H18ClN3O2/c1-12(27-2)13-3-5-14(6-4-13)15-7-9-16(10-8-15)19-17(22)11-18-20(24-19)25-21(26)23-18/h3-12H,1-2H3,(H2,23,24,25,26). The summed E-state index contributed by atoms with van der Waals surface area (Å²) in [5.74, 6) is 0. The molecule has 0 radical (unpaired) electrons. The first-order chi connectivity index (χ1) is 13.0. The smallest absolute Gasteiger partial charge is 0.325 e. The van der Waals surface area contributed by atoms with Crippen LogP contribution in [0.2, 0.25) is 5.02 Å². The zero-order chi connectivity index (χ0) is 19.0. The number of imidazole rings is 1. The fourth-order valence-corrected chi connectivity index (χ4v) is 3.31. The van der Waals surface area contributed by atoms with E-state index in [1.807, 2.05) is 31.2 Å². The van der Waals surface area contributed by atoms with Gasteiger partial charge in [0.15, 0.2) is 5.65 Å². The number of hydrogen-bond donors (Lipinski definition) is 2. The summed E-state index contributed by atoms with van der Waals surface area (Å²) in [5, 5.41) is 0.489. The maximum Gasteiger partial charge on any atom is 0.325 e. The predicted molar refractivity (Wildman–Crippen MR) is 108 cm³/mol. The van der Waals surface area contributed by atoms with Crippen molar-refractivity contribution in [2.24, 2.45) is 0 Å². The van der Waals surface area contributed by atoms with Crippen LogP contribution in [0.1, 0.15) is 18.6 Å². The Bertz CT molecular complexity index is 1140. The van der Waals surface area contributed by atoms with Gasteiger partial charge in [0.1, 0.15) is 0 Å². The molecule has 0 saturated carbocycles. The minimum absolute atomic E-state index is 0.0735.